The van der Waals surface area contributed by atoms with Gasteiger partial charge in [-0.05, 0) is 63.0 Å². The fourth-order valence-corrected chi connectivity index (χ4v) is 2.81. The van der Waals surface area contributed by atoms with Gasteiger partial charge in [-0.15, -0.1) is 0 Å². The van der Waals surface area contributed by atoms with E-state index in [9.17, 15) is 4.79 Å². The Morgan fingerprint density at radius 1 is 1.38 bits per heavy atom. The summed E-state index contributed by atoms with van der Waals surface area (Å²) in [5, 5.41) is 3.27. The molecule has 0 atom stereocenters. The van der Waals surface area contributed by atoms with Gasteiger partial charge in [0.1, 0.15) is 4.60 Å². The average Bonchev–Trinajstić information content (AvgIpc) is 2.43. The molecule has 0 spiro atoms. The number of nitrogens with one attached hydrogen (secondary N) is 1. The van der Waals surface area contributed by atoms with E-state index < -0.39 is 0 Å². The number of hydrogen-bond donors (Lipinski definition) is 1. The number of aromatic nitrogens is 1. The van der Waals surface area contributed by atoms with Crippen molar-refractivity contribution >= 4 is 55.1 Å². The Labute approximate surface area is 144 Å². The topological polar surface area (TPSA) is 51.2 Å². The molecule has 2 rings (SSSR count). The van der Waals surface area contributed by atoms with Crippen molar-refractivity contribution in [3.05, 3.63) is 50.1 Å². The second-order valence-electron chi connectivity index (χ2n) is 4.02. The van der Waals surface area contributed by atoms with Crippen molar-refractivity contribution in [3.63, 3.8) is 0 Å². The standard InChI is InChI=1S/C14H11Br2ClN2O2/c1-2-21-13-10(15)5-9(17)6-11(13)19-14(20)8-3-4-12(16)18-7-8/h3-7H,2H2,1H3,(H,19,20). The van der Waals surface area contributed by atoms with Gasteiger partial charge in [0, 0.05) is 11.2 Å². The monoisotopic (exact) mass is 432 g/mol. The number of halogens is 3. The van der Waals surface area contributed by atoms with Gasteiger partial charge in [0.25, 0.3) is 5.91 Å². The number of benzene rings is 1. The number of anilines is 1. The summed E-state index contributed by atoms with van der Waals surface area (Å²) >= 11 is 12.6. The van der Waals surface area contributed by atoms with Crippen LogP contribution in [0.5, 0.6) is 5.75 Å². The minimum Gasteiger partial charge on any atom is -0.491 e. The maximum Gasteiger partial charge on any atom is 0.257 e. The molecule has 1 amide bonds. The maximum absolute atomic E-state index is 12.2. The Kier molecular flexibility index (Phi) is 5.61. The highest BCUT2D eigenvalue weighted by Crippen LogP contribution is 2.36. The minimum absolute atomic E-state index is 0.287. The first kappa shape index (κ1) is 16.3. The molecule has 0 aliphatic heterocycles. The summed E-state index contributed by atoms with van der Waals surface area (Å²) in [6.45, 7) is 2.34. The molecule has 0 radical (unpaired) electrons. The summed E-state index contributed by atoms with van der Waals surface area (Å²) in [6, 6.07) is 6.73. The van der Waals surface area contributed by atoms with Crippen molar-refractivity contribution in [3.8, 4) is 5.75 Å². The first-order valence-corrected chi connectivity index (χ1v) is 8.02. The van der Waals surface area contributed by atoms with Gasteiger partial charge in [0.05, 0.1) is 22.3 Å². The van der Waals surface area contributed by atoms with Crippen LogP contribution in [0.1, 0.15) is 17.3 Å². The highest BCUT2D eigenvalue weighted by molar-refractivity contribution is 9.10. The zero-order valence-electron chi connectivity index (χ0n) is 11.0. The van der Waals surface area contributed by atoms with Crippen molar-refractivity contribution in [2.75, 3.05) is 11.9 Å². The lowest BCUT2D eigenvalue weighted by molar-refractivity contribution is 0.102. The molecule has 0 saturated heterocycles. The normalized spacial score (nSPS) is 10.3. The van der Waals surface area contributed by atoms with E-state index in [0.717, 1.165) is 0 Å². The molecule has 0 fully saturated rings. The van der Waals surface area contributed by atoms with Crippen LogP contribution in [-0.2, 0) is 0 Å². The molecule has 2 aromatic rings. The Bertz CT molecular complexity index is 663. The number of ether oxygens (including phenoxy) is 1. The number of hydrogen-bond acceptors (Lipinski definition) is 3. The number of carbonyl (C=O) groups is 1. The molecule has 7 heteroatoms. The van der Waals surface area contributed by atoms with Crippen LogP contribution in [-0.4, -0.2) is 17.5 Å². The minimum atomic E-state index is -0.287. The Hall–Kier alpha value is -1.11. The number of carbonyl (C=O) groups excluding carboxylic acids is 1. The molecule has 0 aliphatic carbocycles. The fraction of sp³-hybridized carbons (Fsp3) is 0.143. The third-order valence-corrected chi connectivity index (χ3v) is 3.81. The predicted molar refractivity (Wildman–Crippen MR) is 90.2 cm³/mol. The largest absolute Gasteiger partial charge is 0.491 e. The third kappa shape index (κ3) is 4.18. The zero-order chi connectivity index (χ0) is 15.4. The van der Waals surface area contributed by atoms with E-state index in [1.54, 1.807) is 24.3 Å². The number of pyridine rings is 1. The van der Waals surface area contributed by atoms with Crippen LogP contribution in [0.4, 0.5) is 5.69 Å². The van der Waals surface area contributed by atoms with E-state index in [4.69, 9.17) is 16.3 Å². The smallest absolute Gasteiger partial charge is 0.257 e. The van der Waals surface area contributed by atoms with E-state index >= 15 is 0 Å². The van der Waals surface area contributed by atoms with Crippen LogP contribution in [0.15, 0.2) is 39.5 Å². The summed E-state index contributed by atoms with van der Waals surface area (Å²) in [6.07, 6.45) is 1.49. The average molecular weight is 435 g/mol. The second-order valence-corrected chi connectivity index (χ2v) is 6.12. The molecule has 21 heavy (non-hydrogen) atoms. The highest BCUT2D eigenvalue weighted by atomic mass is 79.9. The summed E-state index contributed by atoms with van der Waals surface area (Å²) in [5.41, 5.74) is 0.945. The molecule has 1 aromatic carbocycles. The summed E-state index contributed by atoms with van der Waals surface area (Å²) in [7, 11) is 0. The number of nitrogens with zero attached hydrogens (tertiary/aromatic N) is 1. The molecule has 4 nitrogen and oxygen atoms in total. The maximum atomic E-state index is 12.2. The van der Waals surface area contributed by atoms with Gasteiger partial charge in [-0.1, -0.05) is 11.6 Å². The van der Waals surface area contributed by atoms with Crippen LogP contribution in [0, 0.1) is 0 Å². The molecule has 1 N–H and O–H groups in total. The Balaban J connectivity index is 2.29. The molecule has 0 bridgehead atoms. The lowest BCUT2D eigenvalue weighted by atomic mass is 10.2. The predicted octanol–water partition coefficient (Wildman–Crippen LogP) is 4.91. The van der Waals surface area contributed by atoms with Crippen molar-refractivity contribution < 1.29 is 9.53 Å². The molecule has 0 saturated carbocycles. The van der Waals surface area contributed by atoms with Crippen LogP contribution < -0.4 is 10.1 Å². The van der Waals surface area contributed by atoms with E-state index in [1.165, 1.54) is 6.20 Å². The van der Waals surface area contributed by atoms with Gasteiger partial charge in [0.2, 0.25) is 0 Å². The molecule has 1 heterocycles. The van der Waals surface area contributed by atoms with Crippen LogP contribution in [0.3, 0.4) is 0 Å². The SMILES string of the molecule is CCOc1c(Br)cc(Cl)cc1NC(=O)c1ccc(Br)nc1. The lowest BCUT2D eigenvalue weighted by Crippen LogP contribution is -2.13. The molecule has 110 valence electrons. The first-order valence-electron chi connectivity index (χ1n) is 6.06. The molecule has 0 unspecified atom stereocenters. The zero-order valence-corrected chi connectivity index (χ0v) is 14.9. The van der Waals surface area contributed by atoms with Gasteiger partial charge >= 0.3 is 0 Å². The van der Waals surface area contributed by atoms with Gasteiger partial charge < -0.3 is 10.1 Å². The Morgan fingerprint density at radius 3 is 2.76 bits per heavy atom. The van der Waals surface area contributed by atoms with Gasteiger partial charge in [-0.3, -0.25) is 4.79 Å². The Morgan fingerprint density at radius 2 is 2.14 bits per heavy atom. The highest BCUT2D eigenvalue weighted by Gasteiger charge is 2.14. The summed E-state index contributed by atoms with van der Waals surface area (Å²) in [5.74, 6) is 0.255. The summed E-state index contributed by atoms with van der Waals surface area (Å²) < 4.78 is 6.88. The van der Waals surface area contributed by atoms with Crippen molar-refractivity contribution in [1.82, 2.24) is 4.98 Å². The number of rotatable bonds is 4. The van der Waals surface area contributed by atoms with E-state index in [1.807, 2.05) is 6.92 Å². The second kappa shape index (κ2) is 7.24. The van der Waals surface area contributed by atoms with Crippen molar-refractivity contribution in [2.45, 2.75) is 6.92 Å². The van der Waals surface area contributed by atoms with Gasteiger partial charge in [-0.2, -0.15) is 0 Å². The van der Waals surface area contributed by atoms with E-state index in [0.29, 0.717) is 37.7 Å². The number of amides is 1. The van der Waals surface area contributed by atoms with Crippen LogP contribution >= 0.6 is 43.5 Å². The molecule has 1 aromatic heterocycles. The summed E-state index contributed by atoms with van der Waals surface area (Å²) in [4.78, 5) is 16.2. The van der Waals surface area contributed by atoms with Gasteiger partial charge in [0.15, 0.2) is 5.75 Å². The molecule has 0 aliphatic rings. The van der Waals surface area contributed by atoms with E-state index in [-0.39, 0.29) is 5.91 Å². The van der Waals surface area contributed by atoms with Crippen molar-refractivity contribution in [1.29, 1.82) is 0 Å². The quantitative estimate of drug-likeness (QED) is 0.696. The molecular formula is C14H11Br2ClN2O2. The van der Waals surface area contributed by atoms with Crippen molar-refractivity contribution in [2.24, 2.45) is 0 Å². The van der Waals surface area contributed by atoms with Crippen LogP contribution in [0.2, 0.25) is 5.02 Å². The first-order chi connectivity index (χ1) is 10.0. The lowest BCUT2D eigenvalue weighted by Gasteiger charge is -2.13. The van der Waals surface area contributed by atoms with Gasteiger partial charge in [-0.25, -0.2) is 4.98 Å². The van der Waals surface area contributed by atoms with Crippen LogP contribution in [0.25, 0.3) is 0 Å². The third-order valence-electron chi connectivity index (χ3n) is 2.53. The molecular weight excluding hydrogens is 423 g/mol. The fourth-order valence-electron chi connectivity index (χ4n) is 1.65. The van der Waals surface area contributed by atoms with E-state index in [2.05, 4.69) is 42.2 Å².